The average molecular weight is 286 g/mol. The number of nitrogens with one attached hydrogen (secondary N) is 2. The predicted molar refractivity (Wildman–Crippen MR) is 79.7 cm³/mol. The van der Waals surface area contributed by atoms with Gasteiger partial charge in [0.2, 0.25) is 0 Å². The summed E-state index contributed by atoms with van der Waals surface area (Å²) in [5.41, 5.74) is -0.446. The summed E-state index contributed by atoms with van der Waals surface area (Å²) in [5, 5.41) is 15.6. The van der Waals surface area contributed by atoms with Gasteiger partial charge in [0.05, 0.1) is 6.61 Å². The average Bonchev–Trinajstić information content (AvgIpc) is 2.35. The summed E-state index contributed by atoms with van der Waals surface area (Å²) in [7, 11) is 0. The number of carbonyl (C=O) groups is 1. The molecule has 0 radical (unpaired) electrons. The van der Waals surface area contributed by atoms with E-state index in [0.717, 1.165) is 32.1 Å². The van der Waals surface area contributed by atoms with Gasteiger partial charge in [0.1, 0.15) is 5.60 Å². The molecule has 0 heterocycles. The first-order valence-corrected chi connectivity index (χ1v) is 7.70. The van der Waals surface area contributed by atoms with E-state index in [-0.39, 0.29) is 24.8 Å². The van der Waals surface area contributed by atoms with Crippen LogP contribution in [0.3, 0.4) is 0 Å². The number of hydrogen-bond donors (Lipinski definition) is 3. The molecule has 0 aliphatic heterocycles. The van der Waals surface area contributed by atoms with Gasteiger partial charge in [-0.1, -0.05) is 6.92 Å². The first kappa shape index (κ1) is 17.2. The molecule has 0 bridgehead atoms. The van der Waals surface area contributed by atoms with Crippen molar-refractivity contribution in [3.8, 4) is 0 Å². The van der Waals surface area contributed by atoms with E-state index in [4.69, 9.17) is 4.74 Å². The summed E-state index contributed by atoms with van der Waals surface area (Å²) in [5.74, 6) is 0. The van der Waals surface area contributed by atoms with Crippen molar-refractivity contribution in [2.24, 2.45) is 0 Å². The number of amides is 1. The van der Waals surface area contributed by atoms with Crippen LogP contribution in [0, 0.1) is 0 Å². The zero-order valence-corrected chi connectivity index (χ0v) is 13.2. The van der Waals surface area contributed by atoms with Crippen LogP contribution in [0.25, 0.3) is 0 Å². The Morgan fingerprint density at radius 1 is 1.25 bits per heavy atom. The highest BCUT2D eigenvalue weighted by Crippen LogP contribution is 2.20. The van der Waals surface area contributed by atoms with Gasteiger partial charge in [0.25, 0.3) is 0 Å². The van der Waals surface area contributed by atoms with Crippen molar-refractivity contribution in [1.29, 1.82) is 0 Å². The number of carbonyl (C=O) groups excluding carboxylic acids is 1. The van der Waals surface area contributed by atoms with Crippen molar-refractivity contribution in [3.63, 3.8) is 0 Å². The predicted octanol–water partition coefficient (Wildman–Crippen LogP) is 2.18. The van der Waals surface area contributed by atoms with Crippen molar-refractivity contribution < 1.29 is 14.6 Å². The highest BCUT2D eigenvalue weighted by molar-refractivity contribution is 5.68. The number of hydrogen-bond acceptors (Lipinski definition) is 4. The minimum Gasteiger partial charge on any atom is -0.444 e. The fraction of sp³-hybridized carbons (Fsp3) is 0.933. The highest BCUT2D eigenvalue weighted by atomic mass is 16.6. The molecular formula is C15H30N2O3. The molecule has 1 saturated carbocycles. The molecule has 20 heavy (non-hydrogen) atoms. The van der Waals surface area contributed by atoms with E-state index < -0.39 is 5.60 Å². The maximum atomic E-state index is 11.7. The number of alkyl carbamates (subject to hydrolysis) is 1. The van der Waals surface area contributed by atoms with E-state index in [9.17, 15) is 9.90 Å². The molecule has 0 spiro atoms. The summed E-state index contributed by atoms with van der Waals surface area (Å²) in [6.07, 6.45) is 4.58. The van der Waals surface area contributed by atoms with Gasteiger partial charge in [0.15, 0.2) is 0 Å². The maximum Gasteiger partial charge on any atom is 0.407 e. The van der Waals surface area contributed by atoms with Crippen LogP contribution < -0.4 is 10.6 Å². The maximum absolute atomic E-state index is 11.7. The van der Waals surface area contributed by atoms with Gasteiger partial charge < -0.3 is 20.5 Å². The van der Waals surface area contributed by atoms with Gasteiger partial charge >= 0.3 is 6.09 Å². The fourth-order valence-corrected chi connectivity index (χ4v) is 2.51. The largest absolute Gasteiger partial charge is 0.444 e. The Hall–Kier alpha value is -0.810. The van der Waals surface area contributed by atoms with Crippen molar-refractivity contribution in [1.82, 2.24) is 10.6 Å². The van der Waals surface area contributed by atoms with Crippen LogP contribution in [-0.4, -0.2) is 41.5 Å². The SMILES string of the molecule is CCC(CO)NC1CCC(NC(=O)OC(C)(C)C)CC1. The van der Waals surface area contributed by atoms with Gasteiger partial charge in [-0.25, -0.2) is 4.79 Å². The zero-order chi connectivity index (χ0) is 15.2. The Labute approximate surface area is 122 Å². The minimum atomic E-state index is -0.446. The summed E-state index contributed by atoms with van der Waals surface area (Å²) < 4.78 is 5.27. The summed E-state index contributed by atoms with van der Waals surface area (Å²) in [6.45, 7) is 7.86. The molecule has 1 atom stereocenters. The molecular weight excluding hydrogens is 256 g/mol. The highest BCUT2D eigenvalue weighted by Gasteiger charge is 2.25. The molecule has 3 N–H and O–H groups in total. The lowest BCUT2D eigenvalue weighted by Crippen LogP contribution is -2.46. The summed E-state index contributed by atoms with van der Waals surface area (Å²) >= 11 is 0. The second kappa shape index (κ2) is 7.84. The standard InChI is InChI=1S/C15H30N2O3/c1-5-11(10-18)16-12-6-8-13(9-7-12)17-14(19)20-15(2,3)4/h11-13,16,18H,5-10H2,1-4H3,(H,17,19). The van der Waals surface area contributed by atoms with Crippen LogP contribution >= 0.6 is 0 Å². The number of ether oxygens (including phenoxy) is 1. The lowest BCUT2D eigenvalue weighted by Gasteiger charge is -2.32. The Morgan fingerprint density at radius 3 is 2.25 bits per heavy atom. The van der Waals surface area contributed by atoms with Crippen LogP contribution in [0.4, 0.5) is 4.79 Å². The Morgan fingerprint density at radius 2 is 1.80 bits per heavy atom. The van der Waals surface area contributed by atoms with Crippen LogP contribution in [0.1, 0.15) is 59.8 Å². The van der Waals surface area contributed by atoms with E-state index in [1.54, 1.807) is 0 Å². The summed E-state index contributed by atoms with van der Waals surface area (Å²) in [6, 6.07) is 0.844. The van der Waals surface area contributed by atoms with E-state index in [2.05, 4.69) is 17.6 Å². The van der Waals surface area contributed by atoms with Crippen LogP contribution in [0.5, 0.6) is 0 Å². The normalized spacial score (nSPS) is 25.1. The van der Waals surface area contributed by atoms with Crippen molar-refractivity contribution >= 4 is 6.09 Å². The van der Waals surface area contributed by atoms with Gasteiger partial charge in [-0.15, -0.1) is 0 Å². The molecule has 5 heteroatoms. The van der Waals surface area contributed by atoms with Crippen LogP contribution in [-0.2, 0) is 4.74 Å². The molecule has 1 aliphatic rings. The van der Waals surface area contributed by atoms with Gasteiger partial charge in [-0.05, 0) is 52.9 Å². The third-order valence-corrected chi connectivity index (χ3v) is 3.63. The smallest absolute Gasteiger partial charge is 0.407 e. The zero-order valence-electron chi connectivity index (χ0n) is 13.2. The van der Waals surface area contributed by atoms with Crippen molar-refractivity contribution in [2.45, 2.75) is 83.5 Å². The van der Waals surface area contributed by atoms with E-state index in [1.165, 1.54) is 0 Å². The van der Waals surface area contributed by atoms with E-state index in [0.29, 0.717) is 6.04 Å². The van der Waals surface area contributed by atoms with E-state index >= 15 is 0 Å². The van der Waals surface area contributed by atoms with Gasteiger partial charge in [-0.2, -0.15) is 0 Å². The fourth-order valence-electron chi connectivity index (χ4n) is 2.51. The molecule has 118 valence electrons. The summed E-state index contributed by atoms with van der Waals surface area (Å²) in [4.78, 5) is 11.7. The molecule has 0 saturated heterocycles. The van der Waals surface area contributed by atoms with Gasteiger partial charge in [0, 0.05) is 18.1 Å². The third-order valence-electron chi connectivity index (χ3n) is 3.63. The molecule has 1 aliphatic carbocycles. The second-order valence-electron chi connectivity index (χ2n) is 6.65. The lowest BCUT2D eigenvalue weighted by atomic mass is 9.90. The van der Waals surface area contributed by atoms with Crippen molar-refractivity contribution in [3.05, 3.63) is 0 Å². The van der Waals surface area contributed by atoms with Gasteiger partial charge in [-0.3, -0.25) is 0 Å². The number of aliphatic hydroxyl groups is 1. The molecule has 0 aromatic rings. The number of rotatable bonds is 5. The Bertz CT molecular complexity index is 290. The molecule has 0 aromatic carbocycles. The molecule has 1 rings (SSSR count). The molecule has 1 amide bonds. The van der Waals surface area contributed by atoms with Crippen LogP contribution in [0.2, 0.25) is 0 Å². The second-order valence-corrected chi connectivity index (χ2v) is 6.65. The molecule has 0 aromatic heterocycles. The molecule has 5 nitrogen and oxygen atoms in total. The first-order valence-electron chi connectivity index (χ1n) is 7.70. The number of aliphatic hydroxyl groups excluding tert-OH is 1. The minimum absolute atomic E-state index is 0.187. The monoisotopic (exact) mass is 286 g/mol. The first-order chi connectivity index (χ1) is 9.34. The topological polar surface area (TPSA) is 70.6 Å². The van der Waals surface area contributed by atoms with E-state index in [1.807, 2.05) is 20.8 Å². The van der Waals surface area contributed by atoms with Crippen molar-refractivity contribution in [2.75, 3.05) is 6.61 Å². The Balaban J connectivity index is 2.27. The van der Waals surface area contributed by atoms with Crippen LogP contribution in [0.15, 0.2) is 0 Å². The molecule has 1 fully saturated rings. The lowest BCUT2D eigenvalue weighted by molar-refractivity contribution is 0.0488. The quantitative estimate of drug-likeness (QED) is 0.724. The molecule has 1 unspecified atom stereocenters. The Kier molecular flexibility index (Phi) is 6.76. The third kappa shape index (κ3) is 6.57.